The maximum atomic E-state index is 12.9. The summed E-state index contributed by atoms with van der Waals surface area (Å²) in [4.78, 5) is 50.3. The SMILES string of the molecule is COc1ccc(CCNC(=O)COC(=O)c2ccc3c(c2N)C(=O)c2ccccc2C3=O)cc1. The molecule has 172 valence electrons. The van der Waals surface area contributed by atoms with Gasteiger partial charge < -0.3 is 20.5 Å². The van der Waals surface area contributed by atoms with Gasteiger partial charge in [0.15, 0.2) is 18.2 Å². The van der Waals surface area contributed by atoms with Crippen molar-refractivity contribution >= 4 is 29.1 Å². The molecule has 1 amide bonds. The van der Waals surface area contributed by atoms with Gasteiger partial charge in [0, 0.05) is 23.2 Å². The highest BCUT2D eigenvalue weighted by atomic mass is 16.5. The number of anilines is 1. The summed E-state index contributed by atoms with van der Waals surface area (Å²) in [5.74, 6) is -1.36. The Labute approximate surface area is 195 Å². The molecule has 0 radical (unpaired) electrons. The van der Waals surface area contributed by atoms with Crippen molar-refractivity contribution in [3.63, 3.8) is 0 Å². The van der Waals surface area contributed by atoms with Crippen molar-refractivity contribution in [3.8, 4) is 5.75 Å². The molecule has 3 aromatic rings. The molecule has 3 N–H and O–H groups in total. The van der Waals surface area contributed by atoms with Gasteiger partial charge in [-0.1, -0.05) is 36.4 Å². The molecule has 8 nitrogen and oxygen atoms in total. The fourth-order valence-corrected chi connectivity index (χ4v) is 3.79. The number of methoxy groups -OCH3 is 1. The molecule has 0 aromatic heterocycles. The number of nitrogens with two attached hydrogens (primary N) is 1. The van der Waals surface area contributed by atoms with E-state index in [0.717, 1.165) is 11.3 Å². The maximum Gasteiger partial charge on any atom is 0.340 e. The predicted octanol–water partition coefficient (Wildman–Crippen LogP) is 2.57. The van der Waals surface area contributed by atoms with Gasteiger partial charge in [-0.25, -0.2) is 4.79 Å². The van der Waals surface area contributed by atoms with Crippen LogP contribution in [0.3, 0.4) is 0 Å². The van der Waals surface area contributed by atoms with Crippen LogP contribution in [-0.4, -0.2) is 43.7 Å². The molecule has 0 heterocycles. The van der Waals surface area contributed by atoms with Crippen LogP contribution in [0.5, 0.6) is 5.75 Å². The molecule has 0 fully saturated rings. The molecule has 34 heavy (non-hydrogen) atoms. The highest BCUT2D eigenvalue weighted by Gasteiger charge is 2.33. The number of carbonyl (C=O) groups is 4. The van der Waals surface area contributed by atoms with E-state index in [1.165, 1.54) is 12.1 Å². The molecule has 0 spiro atoms. The fourth-order valence-electron chi connectivity index (χ4n) is 3.79. The summed E-state index contributed by atoms with van der Waals surface area (Å²) in [5.41, 5.74) is 7.53. The first kappa shape index (κ1) is 22.7. The third kappa shape index (κ3) is 4.38. The Hall–Kier alpha value is -4.46. The number of benzene rings is 3. The zero-order valence-electron chi connectivity index (χ0n) is 18.4. The normalized spacial score (nSPS) is 11.9. The number of carbonyl (C=O) groups excluding carboxylic acids is 4. The number of ether oxygens (including phenoxy) is 2. The first-order valence-electron chi connectivity index (χ1n) is 10.6. The second-order valence-electron chi connectivity index (χ2n) is 7.68. The largest absolute Gasteiger partial charge is 0.497 e. The Balaban J connectivity index is 1.37. The van der Waals surface area contributed by atoms with E-state index >= 15 is 0 Å². The number of ketones is 2. The van der Waals surface area contributed by atoms with E-state index in [0.29, 0.717) is 18.5 Å². The number of nitrogens with one attached hydrogen (secondary N) is 1. The van der Waals surface area contributed by atoms with Crippen LogP contribution in [0.1, 0.15) is 47.8 Å². The number of nitrogen functional groups attached to an aromatic ring is 1. The van der Waals surface area contributed by atoms with Crippen LogP contribution in [0.25, 0.3) is 0 Å². The molecule has 1 aliphatic rings. The van der Waals surface area contributed by atoms with Crippen LogP contribution in [0.15, 0.2) is 60.7 Å². The van der Waals surface area contributed by atoms with Crippen molar-refractivity contribution in [2.45, 2.75) is 6.42 Å². The third-order valence-corrected chi connectivity index (χ3v) is 5.58. The lowest BCUT2D eigenvalue weighted by atomic mass is 9.82. The molecule has 4 rings (SSSR count). The average molecular weight is 458 g/mol. The average Bonchev–Trinajstić information content (AvgIpc) is 2.86. The van der Waals surface area contributed by atoms with Crippen LogP contribution in [0, 0.1) is 0 Å². The van der Waals surface area contributed by atoms with E-state index in [1.54, 1.807) is 31.4 Å². The molecule has 3 aromatic carbocycles. The Morgan fingerprint density at radius 1 is 0.882 bits per heavy atom. The summed E-state index contributed by atoms with van der Waals surface area (Å²) in [6.45, 7) is -0.145. The van der Waals surface area contributed by atoms with E-state index in [9.17, 15) is 19.2 Å². The van der Waals surface area contributed by atoms with Gasteiger partial charge in [-0.3, -0.25) is 14.4 Å². The Kier molecular flexibility index (Phi) is 6.40. The van der Waals surface area contributed by atoms with Gasteiger partial charge in [-0.05, 0) is 36.2 Å². The Bertz CT molecular complexity index is 1300. The quantitative estimate of drug-likeness (QED) is 0.322. The minimum absolute atomic E-state index is 0.0258. The second kappa shape index (κ2) is 9.58. The van der Waals surface area contributed by atoms with Gasteiger partial charge in [0.1, 0.15) is 5.75 Å². The molecule has 0 unspecified atom stereocenters. The van der Waals surface area contributed by atoms with E-state index in [-0.39, 0.29) is 33.7 Å². The number of hydrogen-bond donors (Lipinski definition) is 2. The number of amides is 1. The molecular formula is C26H22N2O6. The molecule has 0 atom stereocenters. The van der Waals surface area contributed by atoms with Gasteiger partial charge in [-0.15, -0.1) is 0 Å². The van der Waals surface area contributed by atoms with Crippen molar-refractivity contribution in [1.82, 2.24) is 5.32 Å². The van der Waals surface area contributed by atoms with Gasteiger partial charge in [0.2, 0.25) is 0 Å². The Morgan fingerprint density at radius 3 is 2.24 bits per heavy atom. The lowest BCUT2D eigenvalue weighted by Gasteiger charge is -2.20. The lowest BCUT2D eigenvalue weighted by Crippen LogP contribution is -2.30. The zero-order chi connectivity index (χ0) is 24.2. The standard InChI is InChI=1S/C26H22N2O6/c1-33-16-8-6-15(7-9-16)12-13-28-21(29)14-34-26(32)20-11-10-19-22(23(20)27)25(31)18-5-3-2-4-17(18)24(19)30/h2-11H,12-14,27H2,1H3,(H,28,29). The molecule has 0 bridgehead atoms. The lowest BCUT2D eigenvalue weighted by molar-refractivity contribution is -0.124. The van der Waals surface area contributed by atoms with Gasteiger partial charge in [0.05, 0.1) is 23.9 Å². The van der Waals surface area contributed by atoms with Crippen molar-refractivity contribution in [2.75, 3.05) is 26.0 Å². The van der Waals surface area contributed by atoms with Crippen LogP contribution in [0.2, 0.25) is 0 Å². The predicted molar refractivity (Wildman–Crippen MR) is 124 cm³/mol. The van der Waals surface area contributed by atoms with Crippen molar-refractivity contribution < 1.29 is 28.7 Å². The first-order valence-corrected chi connectivity index (χ1v) is 10.6. The van der Waals surface area contributed by atoms with Crippen LogP contribution < -0.4 is 15.8 Å². The van der Waals surface area contributed by atoms with E-state index in [2.05, 4.69) is 5.32 Å². The van der Waals surface area contributed by atoms with Crippen molar-refractivity contribution in [2.24, 2.45) is 0 Å². The molecule has 0 saturated carbocycles. The van der Waals surface area contributed by atoms with Crippen molar-refractivity contribution in [1.29, 1.82) is 0 Å². The van der Waals surface area contributed by atoms with Gasteiger partial charge in [-0.2, -0.15) is 0 Å². The number of fused-ring (bicyclic) bond motifs is 2. The summed E-state index contributed by atoms with van der Waals surface area (Å²) < 4.78 is 10.2. The topological polar surface area (TPSA) is 125 Å². The zero-order valence-corrected chi connectivity index (χ0v) is 18.4. The van der Waals surface area contributed by atoms with Crippen LogP contribution in [-0.2, 0) is 16.0 Å². The summed E-state index contributed by atoms with van der Waals surface area (Å²) >= 11 is 0. The summed E-state index contributed by atoms with van der Waals surface area (Å²) in [7, 11) is 1.59. The minimum Gasteiger partial charge on any atom is -0.497 e. The van der Waals surface area contributed by atoms with E-state index < -0.39 is 24.3 Å². The summed E-state index contributed by atoms with van der Waals surface area (Å²) in [5, 5.41) is 2.68. The highest BCUT2D eigenvalue weighted by molar-refractivity contribution is 6.30. The van der Waals surface area contributed by atoms with E-state index in [4.69, 9.17) is 15.2 Å². The smallest absolute Gasteiger partial charge is 0.340 e. The summed E-state index contributed by atoms with van der Waals surface area (Å²) in [6.07, 6.45) is 0.596. The third-order valence-electron chi connectivity index (χ3n) is 5.58. The monoisotopic (exact) mass is 458 g/mol. The molecule has 1 aliphatic carbocycles. The van der Waals surface area contributed by atoms with Crippen LogP contribution >= 0.6 is 0 Å². The second-order valence-corrected chi connectivity index (χ2v) is 7.68. The number of hydrogen-bond acceptors (Lipinski definition) is 7. The maximum absolute atomic E-state index is 12.9. The van der Waals surface area contributed by atoms with Crippen molar-refractivity contribution in [3.05, 3.63) is 94.0 Å². The molecule has 0 saturated heterocycles. The van der Waals surface area contributed by atoms with Gasteiger partial charge >= 0.3 is 5.97 Å². The molecule has 8 heteroatoms. The fraction of sp³-hybridized carbons (Fsp3) is 0.154. The van der Waals surface area contributed by atoms with Crippen LogP contribution in [0.4, 0.5) is 5.69 Å². The molecular weight excluding hydrogens is 436 g/mol. The highest BCUT2D eigenvalue weighted by Crippen LogP contribution is 2.32. The number of esters is 1. The van der Waals surface area contributed by atoms with E-state index in [1.807, 2.05) is 24.3 Å². The minimum atomic E-state index is -0.857. The molecule has 0 aliphatic heterocycles. The van der Waals surface area contributed by atoms with Gasteiger partial charge in [0.25, 0.3) is 5.91 Å². The summed E-state index contributed by atoms with van der Waals surface area (Å²) in [6, 6.07) is 16.6. The first-order chi connectivity index (χ1) is 16.4. The Morgan fingerprint density at radius 2 is 1.56 bits per heavy atom. The number of rotatable bonds is 7.